The molecule has 0 atom stereocenters. The maximum atomic E-state index is 12.5. The van der Waals surface area contributed by atoms with Gasteiger partial charge in [-0.1, -0.05) is 11.6 Å². The number of benzene rings is 1. The maximum absolute atomic E-state index is 12.5. The Hall–Kier alpha value is -1.77. The summed E-state index contributed by atoms with van der Waals surface area (Å²) < 4.78 is 37.3. The minimum atomic E-state index is -4.16. The van der Waals surface area contributed by atoms with Gasteiger partial charge in [-0.15, -0.1) is 0 Å². The van der Waals surface area contributed by atoms with Gasteiger partial charge in [-0.3, -0.25) is 4.40 Å². The van der Waals surface area contributed by atoms with E-state index in [1.54, 1.807) is 30.5 Å². The number of methoxy groups -OCH3 is 1. The topological polar surface area (TPSA) is 69.9 Å². The number of pyridine rings is 1. The molecule has 0 aliphatic carbocycles. The van der Waals surface area contributed by atoms with Crippen molar-refractivity contribution in [1.82, 2.24) is 9.38 Å². The fraction of sp³-hybridized carbons (Fsp3) is 0.0714. The van der Waals surface area contributed by atoms with Crippen LogP contribution in [0.3, 0.4) is 0 Å². The van der Waals surface area contributed by atoms with Crippen LogP contribution in [0.4, 0.5) is 0 Å². The minimum absolute atomic E-state index is 0.145. The molecule has 23 heavy (non-hydrogen) atoms. The zero-order valence-corrected chi connectivity index (χ0v) is 14.9. The van der Waals surface area contributed by atoms with E-state index in [-0.39, 0.29) is 15.9 Å². The number of fused-ring (bicyclic) bond motifs is 1. The van der Waals surface area contributed by atoms with E-state index < -0.39 is 10.1 Å². The van der Waals surface area contributed by atoms with Crippen LogP contribution < -0.4 is 8.92 Å². The van der Waals surface area contributed by atoms with Crippen LogP contribution >= 0.6 is 27.5 Å². The fourth-order valence-corrected chi connectivity index (χ4v) is 3.87. The number of ether oxygens (including phenoxy) is 1. The van der Waals surface area contributed by atoms with Crippen LogP contribution in [-0.2, 0) is 10.1 Å². The molecule has 0 fully saturated rings. The van der Waals surface area contributed by atoms with Crippen LogP contribution in [0.15, 0.2) is 52.1 Å². The molecule has 0 N–H and O–H groups in total. The summed E-state index contributed by atoms with van der Waals surface area (Å²) in [5, 5.41) is -0.386. The third-order valence-corrected chi connectivity index (χ3v) is 5.12. The lowest BCUT2D eigenvalue weighted by molar-refractivity contribution is 0.413. The maximum Gasteiger partial charge on any atom is 0.358 e. The van der Waals surface area contributed by atoms with Gasteiger partial charge in [-0.2, -0.15) is 8.42 Å². The summed E-state index contributed by atoms with van der Waals surface area (Å²) in [6.45, 7) is 0. The van der Waals surface area contributed by atoms with Crippen molar-refractivity contribution >= 4 is 43.3 Å². The largest absolute Gasteiger partial charge is 0.497 e. The van der Waals surface area contributed by atoms with Gasteiger partial charge >= 0.3 is 10.1 Å². The number of rotatable bonds is 4. The molecule has 9 heteroatoms. The molecule has 3 rings (SSSR count). The molecular formula is C14H10BrClN2O4S. The fourth-order valence-electron chi connectivity index (χ4n) is 1.99. The Morgan fingerprint density at radius 2 is 1.78 bits per heavy atom. The molecule has 0 unspecified atom stereocenters. The van der Waals surface area contributed by atoms with E-state index >= 15 is 0 Å². The number of aromatic nitrogens is 2. The highest BCUT2D eigenvalue weighted by Crippen LogP contribution is 2.28. The molecule has 1 aromatic carbocycles. The molecule has 0 spiro atoms. The van der Waals surface area contributed by atoms with E-state index in [0.29, 0.717) is 15.9 Å². The van der Waals surface area contributed by atoms with Crippen molar-refractivity contribution in [3.63, 3.8) is 0 Å². The van der Waals surface area contributed by atoms with Gasteiger partial charge in [0.15, 0.2) is 5.15 Å². The van der Waals surface area contributed by atoms with Crippen molar-refractivity contribution in [1.29, 1.82) is 0 Å². The summed E-state index contributed by atoms with van der Waals surface area (Å²) >= 11 is 9.28. The monoisotopic (exact) mass is 416 g/mol. The number of halogens is 2. The highest BCUT2D eigenvalue weighted by Gasteiger charge is 2.26. The minimum Gasteiger partial charge on any atom is -0.497 e. The molecule has 0 saturated carbocycles. The van der Waals surface area contributed by atoms with Crippen LogP contribution in [0.5, 0.6) is 11.5 Å². The summed E-state index contributed by atoms with van der Waals surface area (Å²) in [6, 6.07) is 9.55. The number of hydrogen-bond acceptors (Lipinski definition) is 5. The summed E-state index contributed by atoms with van der Waals surface area (Å²) in [7, 11) is -2.64. The number of imidazole rings is 1. The second kappa shape index (κ2) is 6.03. The van der Waals surface area contributed by atoms with E-state index in [4.69, 9.17) is 20.5 Å². The van der Waals surface area contributed by atoms with Gasteiger partial charge in [0.2, 0.25) is 5.03 Å². The Bertz CT molecular complexity index is 970. The molecule has 0 aliphatic rings. The van der Waals surface area contributed by atoms with Crippen molar-refractivity contribution in [2.45, 2.75) is 5.03 Å². The van der Waals surface area contributed by atoms with Gasteiger partial charge < -0.3 is 8.92 Å². The molecule has 2 aromatic heterocycles. The first-order valence-corrected chi connectivity index (χ1v) is 8.90. The highest BCUT2D eigenvalue weighted by molar-refractivity contribution is 9.10. The molecule has 2 heterocycles. The molecule has 0 radical (unpaired) electrons. The Labute approximate surface area is 145 Å². The zero-order valence-electron chi connectivity index (χ0n) is 11.7. The third-order valence-electron chi connectivity index (χ3n) is 3.00. The van der Waals surface area contributed by atoms with Gasteiger partial charge in [-0.25, -0.2) is 4.98 Å². The summed E-state index contributed by atoms with van der Waals surface area (Å²) in [5.74, 6) is 0.735. The quantitative estimate of drug-likeness (QED) is 0.607. The first kappa shape index (κ1) is 16.1. The van der Waals surface area contributed by atoms with Crippen molar-refractivity contribution in [2.24, 2.45) is 0 Å². The molecular weight excluding hydrogens is 408 g/mol. The SMILES string of the molecule is COc1ccc(OS(=O)(=O)c2c(Cl)nc3ccc(Br)cn23)cc1. The Kier molecular flexibility index (Phi) is 4.22. The smallest absolute Gasteiger partial charge is 0.358 e. The molecule has 0 aliphatic heterocycles. The lowest BCUT2D eigenvalue weighted by Gasteiger charge is -2.08. The second-order valence-electron chi connectivity index (χ2n) is 4.50. The van der Waals surface area contributed by atoms with Gasteiger partial charge in [0.25, 0.3) is 0 Å². The molecule has 0 bridgehead atoms. The molecule has 3 aromatic rings. The van der Waals surface area contributed by atoms with Gasteiger partial charge in [0, 0.05) is 10.7 Å². The van der Waals surface area contributed by atoms with Crippen molar-refractivity contribution in [3.05, 3.63) is 52.2 Å². The lowest BCUT2D eigenvalue weighted by atomic mass is 10.3. The average Bonchev–Trinajstić information content (AvgIpc) is 2.83. The standard InChI is InChI=1S/C14H10BrClN2O4S/c1-21-10-3-5-11(6-4-10)22-23(19,20)14-13(16)17-12-7-2-9(15)8-18(12)14/h2-8H,1H3. The molecule has 0 amide bonds. The summed E-state index contributed by atoms with van der Waals surface area (Å²) in [5.41, 5.74) is 0.398. The van der Waals surface area contributed by atoms with Crippen molar-refractivity contribution < 1.29 is 17.3 Å². The predicted molar refractivity (Wildman–Crippen MR) is 88.7 cm³/mol. The Balaban J connectivity index is 2.05. The zero-order chi connectivity index (χ0) is 16.6. The van der Waals surface area contributed by atoms with Crippen molar-refractivity contribution in [3.8, 4) is 11.5 Å². The summed E-state index contributed by atoms with van der Waals surface area (Å²) in [6.07, 6.45) is 1.55. The number of hydrogen-bond donors (Lipinski definition) is 0. The summed E-state index contributed by atoms with van der Waals surface area (Å²) in [4.78, 5) is 4.02. The number of nitrogens with zero attached hydrogens (tertiary/aromatic N) is 2. The first-order chi connectivity index (χ1) is 10.9. The van der Waals surface area contributed by atoms with Crippen LogP contribution in [-0.4, -0.2) is 24.9 Å². The van der Waals surface area contributed by atoms with E-state index in [0.717, 1.165) is 0 Å². The highest BCUT2D eigenvalue weighted by atomic mass is 79.9. The van der Waals surface area contributed by atoms with Gasteiger partial charge in [0.1, 0.15) is 17.1 Å². The van der Waals surface area contributed by atoms with E-state index in [2.05, 4.69) is 20.9 Å². The third kappa shape index (κ3) is 3.15. The Morgan fingerprint density at radius 3 is 2.43 bits per heavy atom. The van der Waals surface area contributed by atoms with E-state index in [9.17, 15) is 8.42 Å². The van der Waals surface area contributed by atoms with Gasteiger partial charge in [-0.05, 0) is 52.3 Å². The van der Waals surface area contributed by atoms with Crippen molar-refractivity contribution in [2.75, 3.05) is 7.11 Å². The Morgan fingerprint density at radius 1 is 1.13 bits per heavy atom. The predicted octanol–water partition coefficient (Wildman–Crippen LogP) is 3.53. The van der Waals surface area contributed by atoms with Crippen LogP contribution in [0.2, 0.25) is 5.15 Å². The second-order valence-corrected chi connectivity index (χ2v) is 7.23. The van der Waals surface area contributed by atoms with Crippen LogP contribution in [0, 0.1) is 0 Å². The molecule has 0 saturated heterocycles. The lowest BCUT2D eigenvalue weighted by Crippen LogP contribution is -2.12. The van der Waals surface area contributed by atoms with Crippen LogP contribution in [0.1, 0.15) is 0 Å². The van der Waals surface area contributed by atoms with Crippen LogP contribution in [0.25, 0.3) is 5.65 Å². The van der Waals surface area contributed by atoms with Gasteiger partial charge in [0.05, 0.1) is 7.11 Å². The average molecular weight is 418 g/mol. The molecule has 120 valence electrons. The van der Waals surface area contributed by atoms with E-state index in [1.165, 1.54) is 23.6 Å². The normalized spacial score (nSPS) is 11.6. The van der Waals surface area contributed by atoms with E-state index in [1.807, 2.05) is 0 Å². The molecule has 6 nitrogen and oxygen atoms in total. The first-order valence-electron chi connectivity index (χ1n) is 6.32.